The summed E-state index contributed by atoms with van der Waals surface area (Å²) in [5.74, 6) is -0.635. The van der Waals surface area contributed by atoms with Gasteiger partial charge in [0, 0.05) is 30.0 Å². The molecule has 3 aromatic rings. The third kappa shape index (κ3) is 5.63. The van der Waals surface area contributed by atoms with E-state index in [9.17, 15) is 9.59 Å². The van der Waals surface area contributed by atoms with Crippen LogP contribution in [0.2, 0.25) is 0 Å². The van der Waals surface area contributed by atoms with Crippen LogP contribution < -0.4 is 10.2 Å². The van der Waals surface area contributed by atoms with Crippen molar-refractivity contribution in [1.29, 1.82) is 0 Å². The first-order valence-corrected chi connectivity index (χ1v) is 9.72. The number of nitrogens with one attached hydrogen (secondary N) is 1. The number of tetrazole rings is 1. The molecule has 0 spiro atoms. The number of amides is 1. The highest BCUT2D eigenvalue weighted by molar-refractivity contribution is 5.92. The molecular weight excluding hydrogens is 384 g/mol. The Bertz CT molecular complexity index is 968. The summed E-state index contributed by atoms with van der Waals surface area (Å²) >= 11 is 0. The van der Waals surface area contributed by atoms with E-state index in [-0.39, 0.29) is 6.54 Å². The Labute approximate surface area is 174 Å². The second-order valence-electron chi connectivity index (χ2n) is 6.44. The van der Waals surface area contributed by atoms with Crippen LogP contribution in [0.25, 0.3) is 11.4 Å². The van der Waals surface area contributed by atoms with Crippen molar-refractivity contribution in [2.24, 2.45) is 0 Å². The number of anilines is 2. The van der Waals surface area contributed by atoms with Crippen molar-refractivity contribution in [2.45, 2.75) is 20.4 Å². The van der Waals surface area contributed by atoms with E-state index in [1.54, 1.807) is 0 Å². The number of benzene rings is 2. The Hall–Kier alpha value is -3.75. The molecule has 0 radical (unpaired) electrons. The third-order valence-electron chi connectivity index (χ3n) is 4.40. The molecule has 0 bridgehead atoms. The highest BCUT2D eigenvalue weighted by atomic mass is 16.5. The van der Waals surface area contributed by atoms with Crippen LogP contribution in [0.4, 0.5) is 11.4 Å². The van der Waals surface area contributed by atoms with Crippen molar-refractivity contribution in [1.82, 2.24) is 20.2 Å². The monoisotopic (exact) mass is 408 g/mol. The number of carbonyl (C=O) groups excluding carboxylic acids is 2. The zero-order chi connectivity index (χ0) is 21.3. The average molecular weight is 408 g/mol. The lowest BCUT2D eigenvalue weighted by Crippen LogP contribution is -2.24. The molecule has 1 aromatic heterocycles. The maximum absolute atomic E-state index is 12.0. The van der Waals surface area contributed by atoms with Gasteiger partial charge in [0.15, 0.2) is 13.2 Å². The second-order valence-corrected chi connectivity index (χ2v) is 6.44. The zero-order valence-electron chi connectivity index (χ0n) is 17.0. The number of hydrogen-bond donors (Lipinski definition) is 1. The van der Waals surface area contributed by atoms with E-state index in [0.717, 1.165) is 29.1 Å². The minimum Gasteiger partial charge on any atom is -0.454 e. The summed E-state index contributed by atoms with van der Waals surface area (Å²) < 4.78 is 5.00. The number of carbonyl (C=O) groups is 2. The van der Waals surface area contributed by atoms with Crippen molar-refractivity contribution in [3.05, 3.63) is 54.6 Å². The Kier molecular flexibility index (Phi) is 7.09. The van der Waals surface area contributed by atoms with Gasteiger partial charge in [-0.05, 0) is 43.3 Å². The summed E-state index contributed by atoms with van der Waals surface area (Å²) in [6.45, 7) is 5.37. The van der Waals surface area contributed by atoms with Crippen molar-refractivity contribution in [2.75, 3.05) is 29.9 Å². The van der Waals surface area contributed by atoms with Crippen LogP contribution in [-0.4, -0.2) is 51.8 Å². The van der Waals surface area contributed by atoms with E-state index in [1.807, 2.05) is 54.6 Å². The van der Waals surface area contributed by atoms with Crippen LogP contribution >= 0.6 is 0 Å². The van der Waals surface area contributed by atoms with Gasteiger partial charge in [-0.15, -0.1) is 10.2 Å². The number of nitrogens with zero attached hydrogens (tertiary/aromatic N) is 5. The molecular formula is C21H24N6O3. The zero-order valence-corrected chi connectivity index (χ0v) is 17.0. The molecule has 0 aliphatic heterocycles. The molecule has 1 heterocycles. The van der Waals surface area contributed by atoms with Crippen LogP contribution in [0.3, 0.4) is 0 Å². The van der Waals surface area contributed by atoms with E-state index in [1.165, 1.54) is 0 Å². The second kappa shape index (κ2) is 10.1. The molecule has 0 saturated carbocycles. The lowest BCUT2D eigenvalue weighted by Gasteiger charge is -2.21. The number of esters is 1. The Morgan fingerprint density at radius 2 is 1.73 bits per heavy atom. The average Bonchev–Trinajstić information content (AvgIpc) is 3.23. The van der Waals surface area contributed by atoms with Gasteiger partial charge in [0.05, 0.1) is 0 Å². The summed E-state index contributed by atoms with van der Waals surface area (Å²) in [6, 6.07) is 16.8. The topological polar surface area (TPSA) is 102 Å². The van der Waals surface area contributed by atoms with E-state index in [0.29, 0.717) is 11.5 Å². The number of ether oxygens (including phenoxy) is 1. The molecule has 9 heteroatoms. The van der Waals surface area contributed by atoms with Gasteiger partial charge in [0.25, 0.3) is 5.91 Å². The molecule has 30 heavy (non-hydrogen) atoms. The molecule has 0 fully saturated rings. The minimum atomic E-state index is -0.626. The summed E-state index contributed by atoms with van der Waals surface area (Å²) in [6.07, 6.45) is 0. The molecule has 3 rings (SSSR count). The van der Waals surface area contributed by atoms with Gasteiger partial charge in [0.2, 0.25) is 5.82 Å². The predicted molar refractivity (Wildman–Crippen MR) is 113 cm³/mol. The smallest absolute Gasteiger partial charge is 0.330 e. The lowest BCUT2D eigenvalue weighted by molar-refractivity contribution is -0.148. The fraction of sp³-hybridized carbons (Fsp3) is 0.286. The number of aromatic nitrogens is 4. The first-order valence-electron chi connectivity index (χ1n) is 9.72. The Balaban J connectivity index is 1.46. The van der Waals surface area contributed by atoms with Crippen molar-refractivity contribution < 1.29 is 14.3 Å². The Morgan fingerprint density at radius 1 is 1.03 bits per heavy atom. The van der Waals surface area contributed by atoms with Crippen LogP contribution in [0.15, 0.2) is 54.6 Å². The quantitative estimate of drug-likeness (QED) is 0.542. The summed E-state index contributed by atoms with van der Waals surface area (Å²) in [5.41, 5.74) is 2.51. The molecule has 156 valence electrons. The number of rotatable bonds is 9. The highest BCUT2D eigenvalue weighted by Gasteiger charge is 2.12. The van der Waals surface area contributed by atoms with Gasteiger partial charge >= 0.3 is 5.97 Å². The summed E-state index contributed by atoms with van der Waals surface area (Å²) in [7, 11) is 0. The molecule has 0 unspecified atom stereocenters. The molecule has 0 atom stereocenters. The van der Waals surface area contributed by atoms with Crippen LogP contribution in [0.1, 0.15) is 13.8 Å². The van der Waals surface area contributed by atoms with E-state index in [2.05, 4.69) is 39.5 Å². The normalized spacial score (nSPS) is 10.5. The van der Waals surface area contributed by atoms with Gasteiger partial charge in [0.1, 0.15) is 0 Å². The fourth-order valence-electron chi connectivity index (χ4n) is 2.86. The maximum atomic E-state index is 12.0. The maximum Gasteiger partial charge on any atom is 0.330 e. The Morgan fingerprint density at radius 3 is 2.40 bits per heavy atom. The molecule has 0 aliphatic carbocycles. The molecule has 2 aromatic carbocycles. The first-order chi connectivity index (χ1) is 14.6. The first kappa shape index (κ1) is 21.0. The number of hydrogen-bond acceptors (Lipinski definition) is 7. The van der Waals surface area contributed by atoms with Crippen LogP contribution in [0, 0.1) is 0 Å². The van der Waals surface area contributed by atoms with Crippen LogP contribution in [0.5, 0.6) is 0 Å². The van der Waals surface area contributed by atoms with Crippen molar-refractivity contribution in [3.63, 3.8) is 0 Å². The molecule has 9 nitrogen and oxygen atoms in total. The SMILES string of the molecule is CCN(CC)c1ccc(NC(=O)COC(=O)Cn2nnc(-c3ccccc3)n2)cc1. The van der Waals surface area contributed by atoms with Gasteiger partial charge in [-0.1, -0.05) is 30.3 Å². The minimum absolute atomic E-state index is 0.230. The molecule has 1 amide bonds. The standard InChI is InChI=1S/C21H24N6O3/c1-3-26(4-2)18-12-10-17(11-13-18)22-19(28)15-30-20(29)14-27-24-21(23-25-27)16-8-6-5-7-9-16/h5-13H,3-4,14-15H2,1-2H3,(H,22,28). The summed E-state index contributed by atoms with van der Waals surface area (Å²) in [5, 5.41) is 14.6. The molecule has 0 aliphatic rings. The predicted octanol–water partition coefficient (Wildman–Crippen LogP) is 2.37. The van der Waals surface area contributed by atoms with E-state index < -0.39 is 18.5 Å². The fourth-order valence-corrected chi connectivity index (χ4v) is 2.86. The van der Waals surface area contributed by atoms with Crippen molar-refractivity contribution >= 4 is 23.3 Å². The molecule has 0 saturated heterocycles. The van der Waals surface area contributed by atoms with Gasteiger partial charge in [-0.25, -0.2) is 4.79 Å². The van der Waals surface area contributed by atoms with Crippen LogP contribution in [-0.2, 0) is 20.9 Å². The van der Waals surface area contributed by atoms with Crippen molar-refractivity contribution in [3.8, 4) is 11.4 Å². The largest absolute Gasteiger partial charge is 0.454 e. The van der Waals surface area contributed by atoms with Gasteiger partial charge in [-0.2, -0.15) is 4.80 Å². The molecule has 1 N–H and O–H groups in total. The summed E-state index contributed by atoms with van der Waals surface area (Å²) in [4.78, 5) is 27.3. The van der Waals surface area contributed by atoms with Gasteiger partial charge in [-0.3, -0.25) is 4.79 Å². The van der Waals surface area contributed by atoms with E-state index in [4.69, 9.17) is 4.74 Å². The third-order valence-corrected chi connectivity index (χ3v) is 4.40. The van der Waals surface area contributed by atoms with E-state index >= 15 is 0 Å². The lowest BCUT2D eigenvalue weighted by atomic mass is 10.2. The highest BCUT2D eigenvalue weighted by Crippen LogP contribution is 2.17. The van der Waals surface area contributed by atoms with Gasteiger partial charge < -0.3 is 15.0 Å².